The van der Waals surface area contributed by atoms with Gasteiger partial charge in [0, 0.05) is 7.11 Å². The molecule has 0 aromatic rings. The summed E-state index contributed by atoms with van der Waals surface area (Å²) in [5.74, 6) is 0.548. The average molecular weight is 214 g/mol. The topological polar surface area (TPSA) is 29.5 Å². The highest BCUT2D eigenvalue weighted by molar-refractivity contribution is 4.76. The van der Waals surface area contributed by atoms with Crippen LogP contribution in [0.3, 0.4) is 0 Å². The van der Waals surface area contributed by atoms with Gasteiger partial charge in [-0.15, -0.1) is 0 Å². The van der Waals surface area contributed by atoms with Crippen LogP contribution in [-0.2, 0) is 4.74 Å². The summed E-state index contributed by atoms with van der Waals surface area (Å²) in [7, 11) is 1.74. The van der Waals surface area contributed by atoms with E-state index in [-0.39, 0.29) is 11.7 Å². The van der Waals surface area contributed by atoms with Gasteiger partial charge in [-0.1, -0.05) is 19.3 Å². The first kappa shape index (κ1) is 13.0. The minimum atomic E-state index is -0.111. The highest BCUT2D eigenvalue weighted by atomic mass is 16.5. The first-order chi connectivity index (χ1) is 7.05. The normalized spacial score (nSPS) is 21.6. The van der Waals surface area contributed by atoms with Crippen LogP contribution in [0.5, 0.6) is 0 Å². The summed E-state index contributed by atoms with van der Waals surface area (Å²) in [6.07, 6.45) is 8.10. The average Bonchev–Trinajstić information content (AvgIpc) is 2.27. The van der Waals surface area contributed by atoms with E-state index in [4.69, 9.17) is 4.74 Å². The van der Waals surface area contributed by atoms with Crippen molar-refractivity contribution in [1.82, 2.24) is 0 Å². The summed E-state index contributed by atoms with van der Waals surface area (Å²) in [5, 5.41) is 10.1. The molecule has 1 N–H and O–H groups in total. The monoisotopic (exact) mass is 214 g/mol. The first-order valence-corrected chi connectivity index (χ1v) is 6.28. The van der Waals surface area contributed by atoms with Gasteiger partial charge in [-0.25, -0.2) is 0 Å². The van der Waals surface area contributed by atoms with Crippen LogP contribution < -0.4 is 0 Å². The molecule has 2 nitrogen and oxygen atoms in total. The van der Waals surface area contributed by atoms with Crippen molar-refractivity contribution in [3.8, 4) is 0 Å². The number of hydrogen-bond acceptors (Lipinski definition) is 2. The zero-order chi connectivity index (χ0) is 11.3. The van der Waals surface area contributed by atoms with Gasteiger partial charge in [-0.2, -0.15) is 0 Å². The van der Waals surface area contributed by atoms with Crippen molar-refractivity contribution in [3.63, 3.8) is 0 Å². The molecular formula is C13H26O2. The highest BCUT2D eigenvalue weighted by Gasteiger charge is 2.24. The van der Waals surface area contributed by atoms with E-state index in [9.17, 15) is 5.11 Å². The third-order valence-electron chi connectivity index (χ3n) is 3.79. The Morgan fingerprint density at radius 3 is 2.40 bits per heavy atom. The van der Waals surface area contributed by atoms with Gasteiger partial charge in [0.15, 0.2) is 0 Å². The van der Waals surface area contributed by atoms with Crippen LogP contribution in [0.4, 0.5) is 0 Å². The van der Waals surface area contributed by atoms with Crippen molar-refractivity contribution >= 4 is 0 Å². The quantitative estimate of drug-likeness (QED) is 0.762. The molecule has 0 bridgehead atoms. The second kappa shape index (κ2) is 5.86. The molecule has 1 aliphatic rings. The van der Waals surface area contributed by atoms with Crippen molar-refractivity contribution in [2.75, 3.05) is 7.11 Å². The maximum Gasteiger partial charge on any atom is 0.0623 e. The predicted molar refractivity (Wildman–Crippen MR) is 62.9 cm³/mol. The van der Waals surface area contributed by atoms with Gasteiger partial charge in [-0.05, 0) is 45.4 Å². The molecular weight excluding hydrogens is 188 g/mol. The van der Waals surface area contributed by atoms with E-state index in [1.807, 2.05) is 0 Å². The summed E-state index contributed by atoms with van der Waals surface area (Å²) in [4.78, 5) is 0. The van der Waals surface area contributed by atoms with Gasteiger partial charge >= 0.3 is 0 Å². The molecule has 0 spiro atoms. The number of hydrogen-bond donors (Lipinski definition) is 1. The van der Waals surface area contributed by atoms with Gasteiger partial charge in [0.2, 0.25) is 0 Å². The zero-order valence-electron chi connectivity index (χ0n) is 10.5. The van der Waals surface area contributed by atoms with Crippen LogP contribution in [-0.4, -0.2) is 23.9 Å². The highest BCUT2D eigenvalue weighted by Crippen LogP contribution is 2.29. The van der Waals surface area contributed by atoms with E-state index < -0.39 is 0 Å². The fraction of sp³-hybridized carbons (Fsp3) is 1.00. The lowest BCUT2D eigenvalue weighted by Gasteiger charge is -2.29. The van der Waals surface area contributed by atoms with E-state index in [1.54, 1.807) is 7.11 Å². The Morgan fingerprint density at radius 1 is 1.27 bits per heavy atom. The van der Waals surface area contributed by atoms with Gasteiger partial charge in [-0.3, -0.25) is 0 Å². The Balaban J connectivity index is 2.25. The summed E-state index contributed by atoms with van der Waals surface area (Å²) < 4.78 is 5.36. The molecule has 90 valence electrons. The van der Waals surface area contributed by atoms with Crippen molar-refractivity contribution < 1.29 is 9.84 Å². The molecule has 0 amide bonds. The van der Waals surface area contributed by atoms with Crippen molar-refractivity contribution in [2.45, 2.75) is 70.5 Å². The number of methoxy groups -OCH3 is 1. The number of ether oxygens (including phenoxy) is 1. The third-order valence-corrected chi connectivity index (χ3v) is 3.79. The van der Waals surface area contributed by atoms with E-state index in [1.165, 1.54) is 32.1 Å². The summed E-state index contributed by atoms with van der Waals surface area (Å²) in [6, 6.07) is 0. The standard InChI is InChI=1S/C13H26O2/c1-13(2,15-3)10-9-12(14)11-7-5-4-6-8-11/h11-12,14H,4-10H2,1-3H3. The number of rotatable bonds is 5. The maximum absolute atomic E-state index is 10.1. The Morgan fingerprint density at radius 2 is 1.87 bits per heavy atom. The van der Waals surface area contributed by atoms with E-state index in [2.05, 4.69) is 13.8 Å². The fourth-order valence-corrected chi connectivity index (χ4v) is 2.35. The molecule has 0 heterocycles. The zero-order valence-corrected chi connectivity index (χ0v) is 10.5. The molecule has 15 heavy (non-hydrogen) atoms. The Kier molecular flexibility index (Phi) is 5.07. The van der Waals surface area contributed by atoms with Gasteiger partial charge < -0.3 is 9.84 Å². The molecule has 1 aliphatic carbocycles. The molecule has 1 unspecified atom stereocenters. The lowest BCUT2D eigenvalue weighted by molar-refractivity contribution is -0.00711. The smallest absolute Gasteiger partial charge is 0.0623 e. The van der Waals surface area contributed by atoms with E-state index >= 15 is 0 Å². The fourth-order valence-electron chi connectivity index (χ4n) is 2.35. The Hall–Kier alpha value is -0.0800. The second-order valence-electron chi connectivity index (χ2n) is 5.47. The SMILES string of the molecule is COC(C)(C)CCC(O)C1CCCCC1. The van der Waals surface area contributed by atoms with Crippen LogP contribution in [0.1, 0.15) is 58.8 Å². The molecule has 1 fully saturated rings. The molecule has 0 radical (unpaired) electrons. The Labute approximate surface area is 94.0 Å². The van der Waals surface area contributed by atoms with Gasteiger partial charge in [0.05, 0.1) is 11.7 Å². The molecule has 1 saturated carbocycles. The molecule has 0 aromatic carbocycles. The molecule has 2 heteroatoms. The van der Waals surface area contributed by atoms with Crippen LogP contribution in [0.25, 0.3) is 0 Å². The van der Waals surface area contributed by atoms with Crippen molar-refractivity contribution in [2.24, 2.45) is 5.92 Å². The lowest BCUT2D eigenvalue weighted by atomic mass is 9.82. The van der Waals surface area contributed by atoms with Crippen molar-refractivity contribution in [1.29, 1.82) is 0 Å². The Bertz CT molecular complexity index is 171. The molecule has 0 saturated heterocycles. The molecule has 1 rings (SSSR count). The maximum atomic E-state index is 10.1. The summed E-state index contributed by atoms with van der Waals surface area (Å²) in [5.41, 5.74) is -0.0877. The second-order valence-corrected chi connectivity index (χ2v) is 5.47. The summed E-state index contributed by atoms with van der Waals surface area (Å²) in [6.45, 7) is 4.17. The largest absolute Gasteiger partial charge is 0.393 e. The van der Waals surface area contributed by atoms with Gasteiger partial charge in [0.1, 0.15) is 0 Å². The predicted octanol–water partition coefficient (Wildman–Crippen LogP) is 3.13. The van der Waals surface area contributed by atoms with E-state index in [0.717, 1.165) is 12.8 Å². The molecule has 0 aliphatic heterocycles. The van der Waals surface area contributed by atoms with Gasteiger partial charge in [0.25, 0.3) is 0 Å². The van der Waals surface area contributed by atoms with E-state index in [0.29, 0.717) is 5.92 Å². The lowest BCUT2D eigenvalue weighted by Crippen LogP contribution is -2.28. The van der Waals surface area contributed by atoms with Crippen molar-refractivity contribution in [3.05, 3.63) is 0 Å². The third kappa shape index (κ3) is 4.52. The number of aliphatic hydroxyl groups excluding tert-OH is 1. The van der Waals surface area contributed by atoms with Crippen LogP contribution in [0.2, 0.25) is 0 Å². The van der Waals surface area contributed by atoms with Crippen LogP contribution >= 0.6 is 0 Å². The number of aliphatic hydroxyl groups is 1. The molecule has 1 atom stereocenters. The minimum absolute atomic E-state index is 0.0877. The van der Waals surface area contributed by atoms with Crippen LogP contribution in [0.15, 0.2) is 0 Å². The first-order valence-electron chi connectivity index (χ1n) is 6.28. The molecule has 0 aromatic heterocycles. The summed E-state index contributed by atoms with van der Waals surface area (Å²) >= 11 is 0. The minimum Gasteiger partial charge on any atom is -0.393 e. The van der Waals surface area contributed by atoms with Crippen LogP contribution in [0, 0.1) is 5.92 Å².